The van der Waals surface area contributed by atoms with Crippen molar-refractivity contribution in [2.24, 2.45) is 4.99 Å². The summed E-state index contributed by atoms with van der Waals surface area (Å²) in [7, 11) is 0. The first-order valence-corrected chi connectivity index (χ1v) is 14.7. The minimum atomic E-state index is 0.903. The van der Waals surface area contributed by atoms with Gasteiger partial charge in [0.1, 0.15) is 0 Å². The van der Waals surface area contributed by atoms with E-state index in [9.17, 15) is 0 Å². The summed E-state index contributed by atoms with van der Waals surface area (Å²) in [6, 6.07) is 39.5. The first-order chi connectivity index (χ1) is 20.3. The van der Waals surface area contributed by atoms with E-state index in [1.165, 1.54) is 33.4 Å². The minimum Gasteiger partial charge on any atom is -0.264 e. The van der Waals surface area contributed by atoms with E-state index in [0.717, 1.165) is 34.6 Å². The lowest BCUT2D eigenvalue weighted by Crippen LogP contribution is -1.89. The van der Waals surface area contributed by atoms with Gasteiger partial charge in [-0.05, 0) is 93.4 Å². The zero-order valence-electron chi connectivity index (χ0n) is 26.5. The van der Waals surface area contributed by atoms with Crippen LogP contribution in [-0.4, -0.2) is 11.7 Å². The zero-order valence-corrected chi connectivity index (χ0v) is 26.5. The number of aliphatic imine (C=N–C) groups is 1. The summed E-state index contributed by atoms with van der Waals surface area (Å²) in [5.41, 5.74) is 12.7. The average molecular weight is 555 g/mol. The molecular formula is C40H46N2. The molecule has 1 heterocycles. The number of para-hydroxylation sites is 1. The lowest BCUT2D eigenvalue weighted by atomic mass is 10.0. The number of allylic oxidation sites excluding steroid dienone is 1. The van der Waals surface area contributed by atoms with E-state index < -0.39 is 0 Å². The Kier molecular flexibility index (Phi) is 14.4. The molecule has 0 bridgehead atoms. The molecule has 0 aliphatic heterocycles. The van der Waals surface area contributed by atoms with Crippen LogP contribution in [0.3, 0.4) is 0 Å². The first-order valence-electron chi connectivity index (χ1n) is 14.7. The predicted molar refractivity (Wildman–Crippen MR) is 187 cm³/mol. The first kappa shape index (κ1) is 33.6. The van der Waals surface area contributed by atoms with Crippen molar-refractivity contribution < 1.29 is 0 Å². The Bertz CT molecular complexity index is 1540. The molecule has 2 heteroatoms. The molecule has 0 saturated carbocycles. The molecule has 0 fully saturated rings. The Morgan fingerprint density at radius 3 is 1.69 bits per heavy atom. The van der Waals surface area contributed by atoms with Crippen molar-refractivity contribution in [3.63, 3.8) is 0 Å². The van der Waals surface area contributed by atoms with Crippen molar-refractivity contribution in [3.05, 3.63) is 150 Å². The van der Waals surface area contributed by atoms with Gasteiger partial charge in [0.05, 0.1) is 17.1 Å². The molecular weight excluding hydrogens is 508 g/mol. The van der Waals surface area contributed by atoms with E-state index in [1.807, 2.05) is 45.0 Å². The van der Waals surface area contributed by atoms with Gasteiger partial charge < -0.3 is 0 Å². The molecule has 2 nitrogen and oxygen atoms in total. The van der Waals surface area contributed by atoms with Crippen LogP contribution in [0.5, 0.6) is 0 Å². The predicted octanol–water partition coefficient (Wildman–Crippen LogP) is 11.7. The fourth-order valence-electron chi connectivity index (χ4n) is 4.15. The number of hydrogen-bond acceptors (Lipinski definition) is 2. The van der Waals surface area contributed by atoms with Gasteiger partial charge >= 0.3 is 0 Å². The van der Waals surface area contributed by atoms with Gasteiger partial charge in [-0.2, -0.15) is 0 Å². The maximum absolute atomic E-state index is 4.83. The Labute approximate surface area is 254 Å². The van der Waals surface area contributed by atoms with Gasteiger partial charge in [-0.3, -0.25) is 4.99 Å². The second-order valence-electron chi connectivity index (χ2n) is 9.87. The highest BCUT2D eigenvalue weighted by molar-refractivity contribution is 5.73. The highest BCUT2D eigenvalue weighted by Gasteiger charge is 2.04. The van der Waals surface area contributed by atoms with E-state index in [4.69, 9.17) is 4.98 Å². The van der Waals surface area contributed by atoms with Crippen LogP contribution in [0.15, 0.2) is 127 Å². The number of aromatic nitrogens is 1. The minimum absolute atomic E-state index is 0.903. The topological polar surface area (TPSA) is 25.2 Å². The van der Waals surface area contributed by atoms with Crippen LogP contribution in [0.1, 0.15) is 55.5 Å². The molecule has 42 heavy (non-hydrogen) atoms. The van der Waals surface area contributed by atoms with Crippen LogP contribution in [0.25, 0.3) is 28.1 Å². The quantitative estimate of drug-likeness (QED) is 0.198. The number of aryl methyl sites for hydroxylation is 4. The van der Waals surface area contributed by atoms with Gasteiger partial charge in [0.2, 0.25) is 0 Å². The van der Waals surface area contributed by atoms with E-state index in [2.05, 4.69) is 137 Å². The van der Waals surface area contributed by atoms with Crippen molar-refractivity contribution in [2.75, 3.05) is 0 Å². The smallest absolute Gasteiger partial charge is 0.0709 e. The largest absolute Gasteiger partial charge is 0.264 e. The standard InChI is InChI=1S/C20H19N.C10H11N.C8H10.C2H6/c1-3-16-8-5-10-18(14-16)20-12-6-11-19(21-20)17-9-4-7-15(2)13-17;1-8(2)9-6-4-5-7-10(9)11-3;1-7-5-3-4-6-8(7)2;1-2/h4-14H,3H2,1-2H3;4-7H,1,3H2,2H3;3-6H,1-2H3;1-2H3. The van der Waals surface area contributed by atoms with E-state index in [1.54, 1.807) is 0 Å². The maximum atomic E-state index is 4.83. The summed E-state index contributed by atoms with van der Waals surface area (Å²) >= 11 is 0. The molecule has 0 radical (unpaired) electrons. The van der Waals surface area contributed by atoms with Crippen LogP contribution in [0.4, 0.5) is 5.69 Å². The fourth-order valence-corrected chi connectivity index (χ4v) is 4.15. The van der Waals surface area contributed by atoms with E-state index in [0.29, 0.717) is 0 Å². The average Bonchev–Trinajstić information content (AvgIpc) is 3.04. The molecule has 1 aromatic heterocycles. The van der Waals surface area contributed by atoms with Gasteiger partial charge in [-0.1, -0.05) is 118 Å². The molecule has 5 rings (SSSR count). The molecule has 0 aliphatic carbocycles. The van der Waals surface area contributed by atoms with Gasteiger partial charge in [-0.15, -0.1) is 0 Å². The molecule has 0 N–H and O–H groups in total. The summed E-state index contributed by atoms with van der Waals surface area (Å²) < 4.78 is 0. The third-order valence-electron chi connectivity index (χ3n) is 6.65. The number of benzene rings is 4. The van der Waals surface area contributed by atoms with Gasteiger partial charge in [0, 0.05) is 16.7 Å². The molecule has 0 atom stereocenters. The van der Waals surface area contributed by atoms with E-state index in [-0.39, 0.29) is 0 Å². The van der Waals surface area contributed by atoms with Crippen molar-refractivity contribution >= 4 is 18.0 Å². The summed E-state index contributed by atoms with van der Waals surface area (Å²) in [6.07, 6.45) is 1.05. The molecule has 0 unspecified atom stereocenters. The lowest BCUT2D eigenvalue weighted by molar-refractivity contribution is 1.14. The SMILES string of the molecule is C=Nc1ccccc1C(=C)C.CC.CCc1cccc(-c2cccc(-c3cccc(C)c3)n2)c1.Cc1ccccc1C. The molecule has 216 valence electrons. The number of pyridine rings is 1. The molecule has 0 amide bonds. The van der Waals surface area contributed by atoms with Crippen LogP contribution < -0.4 is 0 Å². The molecule has 0 aliphatic rings. The summed E-state index contributed by atoms with van der Waals surface area (Å²) in [6.45, 7) is 21.8. The summed E-state index contributed by atoms with van der Waals surface area (Å²) in [5.74, 6) is 0. The van der Waals surface area contributed by atoms with Gasteiger partial charge in [0.15, 0.2) is 0 Å². The Morgan fingerprint density at radius 1 is 0.667 bits per heavy atom. The summed E-state index contributed by atoms with van der Waals surface area (Å²) in [4.78, 5) is 8.71. The van der Waals surface area contributed by atoms with Crippen LogP contribution >= 0.6 is 0 Å². The number of hydrogen-bond donors (Lipinski definition) is 0. The third kappa shape index (κ3) is 10.4. The Hall–Kier alpha value is -4.56. The highest BCUT2D eigenvalue weighted by atomic mass is 14.7. The second-order valence-corrected chi connectivity index (χ2v) is 9.87. The Balaban J connectivity index is 0.000000245. The summed E-state index contributed by atoms with van der Waals surface area (Å²) in [5, 5.41) is 0. The molecule has 5 aromatic rings. The van der Waals surface area contributed by atoms with Crippen molar-refractivity contribution in [3.8, 4) is 22.5 Å². The van der Waals surface area contributed by atoms with Gasteiger partial charge in [-0.25, -0.2) is 4.98 Å². The molecule has 0 spiro atoms. The Morgan fingerprint density at radius 2 is 1.19 bits per heavy atom. The van der Waals surface area contributed by atoms with Crippen LogP contribution in [0.2, 0.25) is 0 Å². The number of rotatable bonds is 5. The second kappa shape index (κ2) is 18.0. The zero-order chi connectivity index (χ0) is 30.9. The van der Waals surface area contributed by atoms with Crippen molar-refractivity contribution in [1.82, 2.24) is 4.98 Å². The number of nitrogens with zero attached hydrogens (tertiary/aromatic N) is 2. The molecule has 0 saturated heterocycles. The lowest BCUT2D eigenvalue weighted by Gasteiger charge is -2.07. The fraction of sp³-hybridized carbons (Fsp3) is 0.200. The van der Waals surface area contributed by atoms with Crippen LogP contribution in [-0.2, 0) is 6.42 Å². The monoisotopic (exact) mass is 554 g/mol. The molecule has 4 aromatic carbocycles. The third-order valence-corrected chi connectivity index (χ3v) is 6.65. The normalized spacial score (nSPS) is 9.60. The van der Waals surface area contributed by atoms with E-state index >= 15 is 0 Å². The highest BCUT2D eigenvalue weighted by Crippen LogP contribution is 2.25. The van der Waals surface area contributed by atoms with Crippen molar-refractivity contribution in [1.29, 1.82) is 0 Å². The maximum Gasteiger partial charge on any atom is 0.0709 e. The van der Waals surface area contributed by atoms with Crippen molar-refractivity contribution in [2.45, 2.75) is 54.9 Å². The van der Waals surface area contributed by atoms with Crippen LogP contribution in [0, 0.1) is 20.8 Å². The van der Waals surface area contributed by atoms with Gasteiger partial charge in [0.25, 0.3) is 0 Å².